The Morgan fingerprint density at radius 1 is 1.11 bits per heavy atom. The maximum Gasteiger partial charge on any atom is 0.131 e. The van der Waals surface area contributed by atoms with Crippen LogP contribution in [0, 0.1) is 6.92 Å². The zero-order valence-electron chi connectivity index (χ0n) is 11.5. The van der Waals surface area contributed by atoms with Crippen molar-refractivity contribution in [3.8, 4) is 16.9 Å². The van der Waals surface area contributed by atoms with E-state index in [0.717, 1.165) is 28.3 Å². The SMILES string of the molecule is Cc1ccc(-c2cc(Cl)cc3c2OC(C)(C)C3)cc1. The average molecular weight is 273 g/mol. The third-order valence-corrected chi connectivity index (χ3v) is 3.71. The number of benzene rings is 2. The first-order valence-electron chi connectivity index (χ1n) is 6.53. The molecule has 0 saturated heterocycles. The topological polar surface area (TPSA) is 9.23 Å². The van der Waals surface area contributed by atoms with E-state index in [1.165, 1.54) is 11.1 Å². The van der Waals surface area contributed by atoms with Gasteiger partial charge in [-0.25, -0.2) is 0 Å². The van der Waals surface area contributed by atoms with Gasteiger partial charge in [-0.05, 0) is 38.5 Å². The minimum absolute atomic E-state index is 0.146. The Bertz CT molecular complexity index is 626. The molecule has 0 aliphatic carbocycles. The predicted molar refractivity (Wildman–Crippen MR) is 80.0 cm³/mol. The second-order valence-corrected chi connectivity index (χ2v) is 6.28. The van der Waals surface area contributed by atoms with Gasteiger partial charge in [0.25, 0.3) is 0 Å². The highest BCUT2D eigenvalue weighted by atomic mass is 35.5. The van der Waals surface area contributed by atoms with Crippen LogP contribution in [-0.4, -0.2) is 5.60 Å². The van der Waals surface area contributed by atoms with Gasteiger partial charge in [0.05, 0.1) is 0 Å². The Balaban J connectivity index is 2.15. The molecule has 0 atom stereocenters. The van der Waals surface area contributed by atoms with Gasteiger partial charge in [0.15, 0.2) is 0 Å². The Hall–Kier alpha value is -1.47. The smallest absolute Gasteiger partial charge is 0.131 e. The molecule has 1 aliphatic rings. The second kappa shape index (κ2) is 4.28. The van der Waals surface area contributed by atoms with Crippen LogP contribution >= 0.6 is 11.6 Å². The molecular formula is C17H17ClO. The molecule has 2 aromatic carbocycles. The highest BCUT2D eigenvalue weighted by Crippen LogP contribution is 2.44. The normalized spacial score (nSPS) is 16.0. The molecule has 1 heterocycles. The Kier molecular flexibility index (Phi) is 2.83. The van der Waals surface area contributed by atoms with E-state index in [1.54, 1.807) is 0 Å². The number of ether oxygens (including phenoxy) is 1. The summed E-state index contributed by atoms with van der Waals surface area (Å²) in [6, 6.07) is 12.5. The molecule has 0 bridgehead atoms. The van der Waals surface area contributed by atoms with Gasteiger partial charge in [-0.2, -0.15) is 0 Å². The molecule has 3 rings (SSSR count). The highest BCUT2D eigenvalue weighted by Gasteiger charge is 2.32. The van der Waals surface area contributed by atoms with Crippen LogP contribution < -0.4 is 4.74 Å². The first kappa shape index (κ1) is 12.6. The van der Waals surface area contributed by atoms with Crippen molar-refractivity contribution in [3.05, 3.63) is 52.5 Å². The summed E-state index contributed by atoms with van der Waals surface area (Å²) < 4.78 is 6.11. The second-order valence-electron chi connectivity index (χ2n) is 5.85. The highest BCUT2D eigenvalue weighted by molar-refractivity contribution is 6.31. The fourth-order valence-corrected chi connectivity index (χ4v) is 2.86. The van der Waals surface area contributed by atoms with Crippen molar-refractivity contribution < 1.29 is 4.74 Å². The van der Waals surface area contributed by atoms with E-state index in [0.29, 0.717) is 0 Å². The lowest BCUT2D eigenvalue weighted by atomic mass is 9.97. The molecule has 0 aromatic heterocycles. The van der Waals surface area contributed by atoms with E-state index in [9.17, 15) is 0 Å². The van der Waals surface area contributed by atoms with Crippen LogP contribution in [0.3, 0.4) is 0 Å². The molecule has 0 amide bonds. The number of fused-ring (bicyclic) bond motifs is 1. The van der Waals surface area contributed by atoms with Crippen molar-refractivity contribution in [2.24, 2.45) is 0 Å². The standard InChI is InChI=1S/C17H17ClO/c1-11-4-6-12(7-5-11)15-9-14(18)8-13-10-17(2,3)19-16(13)15/h4-9H,10H2,1-3H3. The molecular weight excluding hydrogens is 256 g/mol. The van der Waals surface area contributed by atoms with Crippen molar-refractivity contribution in [2.75, 3.05) is 0 Å². The summed E-state index contributed by atoms with van der Waals surface area (Å²) in [5.41, 5.74) is 4.55. The van der Waals surface area contributed by atoms with Crippen LogP contribution in [0.25, 0.3) is 11.1 Å². The summed E-state index contributed by atoms with van der Waals surface area (Å²) in [4.78, 5) is 0. The number of aryl methyl sites for hydroxylation is 1. The molecule has 0 radical (unpaired) electrons. The molecule has 0 fully saturated rings. The van der Waals surface area contributed by atoms with E-state index in [4.69, 9.17) is 16.3 Å². The maximum atomic E-state index is 6.25. The Morgan fingerprint density at radius 3 is 2.47 bits per heavy atom. The van der Waals surface area contributed by atoms with Crippen molar-refractivity contribution >= 4 is 11.6 Å². The lowest BCUT2D eigenvalue weighted by Crippen LogP contribution is -2.24. The van der Waals surface area contributed by atoms with E-state index < -0.39 is 0 Å². The van der Waals surface area contributed by atoms with Crippen molar-refractivity contribution in [3.63, 3.8) is 0 Å². The van der Waals surface area contributed by atoms with Gasteiger partial charge in [-0.3, -0.25) is 0 Å². The number of hydrogen-bond donors (Lipinski definition) is 0. The van der Waals surface area contributed by atoms with Gasteiger partial charge in [-0.15, -0.1) is 0 Å². The van der Waals surface area contributed by atoms with E-state index in [1.807, 2.05) is 12.1 Å². The van der Waals surface area contributed by atoms with Gasteiger partial charge in [-0.1, -0.05) is 41.4 Å². The summed E-state index contributed by atoms with van der Waals surface area (Å²) in [7, 11) is 0. The molecule has 19 heavy (non-hydrogen) atoms. The minimum Gasteiger partial charge on any atom is -0.487 e. The molecule has 1 nitrogen and oxygen atoms in total. The van der Waals surface area contributed by atoms with Gasteiger partial charge in [0, 0.05) is 22.6 Å². The summed E-state index contributed by atoms with van der Waals surface area (Å²) in [5, 5.41) is 0.774. The zero-order valence-corrected chi connectivity index (χ0v) is 12.2. The third kappa shape index (κ3) is 2.35. The summed E-state index contributed by atoms with van der Waals surface area (Å²) >= 11 is 6.25. The van der Waals surface area contributed by atoms with E-state index in [2.05, 4.69) is 45.0 Å². The van der Waals surface area contributed by atoms with Crippen LogP contribution in [0.4, 0.5) is 0 Å². The summed E-state index contributed by atoms with van der Waals surface area (Å²) in [6.07, 6.45) is 0.905. The number of hydrogen-bond acceptors (Lipinski definition) is 1. The maximum absolute atomic E-state index is 6.25. The van der Waals surface area contributed by atoms with Gasteiger partial charge < -0.3 is 4.74 Å². The predicted octanol–water partition coefficient (Wildman–Crippen LogP) is 5.03. The minimum atomic E-state index is -0.146. The quantitative estimate of drug-likeness (QED) is 0.707. The molecule has 2 heteroatoms. The zero-order chi connectivity index (χ0) is 13.6. The number of rotatable bonds is 1. The molecule has 0 unspecified atom stereocenters. The fourth-order valence-electron chi connectivity index (χ4n) is 2.62. The van der Waals surface area contributed by atoms with Gasteiger partial charge >= 0.3 is 0 Å². The van der Waals surface area contributed by atoms with Crippen LogP contribution in [0.5, 0.6) is 5.75 Å². The molecule has 0 saturated carbocycles. The van der Waals surface area contributed by atoms with Crippen molar-refractivity contribution in [2.45, 2.75) is 32.8 Å². The molecule has 98 valence electrons. The summed E-state index contributed by atoms with van der Waals surface area (Å²) in [6.45, 7) is 6.31. The molecule has 2 aromatic rings. The first-order chi connectivity index (χ1) is 8.94. The lowest BCUT2D eigenvalue weighted by Gasteiger charge is -2.18. The monoisotopic (exact) mass is 272 g/mol. The fraction of sp³-hybridized carbons (Fsp3) is 0.294. The van der Waals surface area contributed by atoms with Crippen LogP contribution in [-0.2, 0) is 6.42 Å². The first-order valence-corrected chi connectivity index (χ1v) is 6.91. The molecule has 0 spiro atoms. The van der Waals surface area contributed by atoms with Crippen LogP contribution in [0.15, 0.2) is 36.4 Å². The van der Waals surface area contributed by atoms with E-state index in [-0.39, 0.29) is 5.60 Å². The Morgan fingerprint density at radius 2 is 1.79 bits per heavy atom. The number of halogens is 1. The lowest BCUT2D eigenvalue weighted by molar-refractivity contribution is 0.139. The van der Waals surface area contributed by atoms with Crippen molar-refractivity contribution in [1.82, 2.24) is 0 Å². The largest absolute Gasteiger partial charge is 0.487 e. The average Bonchev–Trinajstić information content (AvgIpc) is 2.63. The molecule has 1 aliphatic heterocycles. The van der Waals surface area contributed by atoms with Crippen LogP contribution in [0.2, 0.25) is 5.02 Å². The Labute approximate surface area is 119 Å². The molecule has 0 N–H and O–H groups in total. The van der Waals surface area contributed by atoms with Crippen molar-refractivity contribution in [1.29, 1.82) is 0 Å². The van der Waals surface area contributed by atoms with Crippen LogP contribution in [0.1, 0.15) is 25.0 Å². The summed E-state index contributed by atoms with van der Waals surface area (Å²) in [5.74, 6) is 0.984. The van der Waals surface area contributed by atoms with Gasteiger partial charge in [0.1, 0.15) is 11.4 Å². The van der Waals surface area contributed by atoms with Gasteiger partial charge in [0.2, 0.25) is 0 Å². The van der Waals surface area contributed by atoms with E-state index >= 15 is 0 Å². The third-order valence-electron chi connectivity index (χ3n) is 3.49.